The number of allylic oxidation sites excluding steroid dienone is 2. The fraction of sp³-hybridized carbons (Fsp3) is 0.692. The van der Waals surface area contributed by atoms with Crippen LogP contribution >= 0.6 is 0 Å². The number of carbonyl (C=O) groups is 2. The fourth-order valence-electron chi connectivity index (χ4n) is 2.23. The number of methoxy groups -OCH3 is 1. The molecule has 2 aliphatic carbocycles. The van der Waals surface area contributed by atoms with Crippen molar-refractivity contribution in [3.63, 3.8) is 0 Å². The molecule has 0 aromatic rings. The number of carbonyl (C=O) groups excluding carboxylic acids is 2. The highest BCUT2D eigenvalue weighted by Crippen LogP contribution is 2.34. The average molecular weight is 237 g/mol. The Morgan fingerprint density at radius 3 is 2.53 bits per heavy atom. The summed E-state index contributed by atoms with van der Waals surface area (Å²) in [5, 5.41) is 3.01. The first-order valence-corrected chi connectivity index (χ1v) is 6.23. The van der Waals surface area contributed by atoms with Gasteiger partial charge in [-0.05, 0) is 31.6 Å². The van der Waals surface area contributed by atoms with Crippen LogP contribution in [-0.4, -0.2) is 25.0 Å². The first-order chi connectivity index (χ1) is 8.20. The normalized spacial score (nSPS) is 21.2. The molecule has 0 bridgehead atoms. The molecule has 0 radical (unpaired) electrons. The molecule has 1 fully saturated rings. The Morgan fingerprint density at radius 1 is 1.35 bits per heavy atom. The molecule has 1 atom stereocenters. The van der Waals surface area contributed by atoms with Gasteiger partial charge in [-0.25, -0.2) is 0 Å². The lowest BCUT2D eigenvalue weighted by Crippen LogP contribution is -2.41. The SMILES string of the molecule is COC(=O)CC(NC(=O)C1CC=CC1)C1CC1. The molecule has 0 aromatic heterocycles. The van der Waals surface area contributed by atoms with Crippen LogP contribution in [0.3, 0.4) is 0 Å². The summed E-state index contributed by atoms with van der Waals surface area (Å²) in [7, 11) is 1.38. The van der Waals surface area contributed by atoms with Crippen molar-refractivity contribution in [3.8, 4) is 0 Å². The van der Waals surface area contributed by atoms with E-state index in [1.807, 2.05) is 12.2 Å². The van der Waals surface area contributed by atoms with Gasteiger partial charge in [0.25, 0.3) is 0 Å². The highest BCUT2D eigenvalue weighted by Gasteiger charge is 2.35. The van der Waals surface area contributed by atoms with Crippen molar-refractivity contribution in [2.24, 2.45) is 11.8 Å². The first-order valence-electron chi connectivity index (χ1n) is 6.23. The van der Waals surface area contributed by atoms with E-state index < -0.39 is 0 Å². The van der Waals surface area contributed by atoms with Crippen LogP contribution in [-0.2, 0) is 14.3 Å². The van der Waals surface area contributed by atoms with Gasteiger partial charge in [0.1, 0.15) is 0 Å². The van der Waals surface area contributed by atoms with Gasteiger partial charge < -0.3 is 10.1 Å². The van der Waals surface area contributed by atoms with E-state index in [0.29, 0.717) is 12.3 Å². The Morgan fingerprint density at radius 2 is 2.00 bits per heavy atom. The maximum atomic E-state index is 12.0. The van der Waals surface area contributed by atoms with Crippen molar-refractivity contribution < 1.29 is 14.3 Å². The second-order valence-electron chi connectivity index (χ2n) is 4.87. The quantitative estimate of drug-likeness (QED) is 0.581. The molecule has 4 heteroatoms. The van der Waals surface area contributed by atoms with Crippen molar-refractivity contribution in [1.82, 2.24) is 5.32 Å². The fourth-order valence-corrected chi connectivity index (χ4v) is 2.23. The van der Waals surface area contributed by atoms with Crippen LogP contribution in [0.15, 0.2) is 12.2 Å². The maximum absolute atomic E-state index is 12.0. The number of hydrogen-bond donors (Lipinski definition) is 1. The van der Waals surface area contributed by atoms with Gasteiger partial charge in [-0.15, -0.1) is 0 Å². The molecule has 1 N–H and O–H groups in total. The third kappa shape index (κ3) is 3.32. The lowest BCUT2D eigenvalue weighted by molar-refractivity contribution is -0.141. The third-order valence-corrected chi connectivity index (χ3v) is 3.51. The highest BCUT2D eigenvalue weighted by atomic mass is 16.5. The minimum Gasteiger partial charge on any atom is -0.469 e. The zero-order valence-corrected chi connectivity index (χ0v) is 10.1. The van der Waals surface area contributed by atoms with Crippen LogP contribution in [0.4, 0.5) is 0 Å². The summed E-state index contributed by atoms with van der Waals surface area (Å²) in [6.45, 7) is 0. The molecule has 94 valence electrons. The van der Waals surface area contributed by atoms with Crippen molar-refractivity contribution in [2.45, 2.75) is 38.1 Å². The molecule has 2 rings (SSSR count). The lowest BCUT2D eigenvalue weighted by atomic mass is 10.0. The summed E-state index contributed by atoms with van der Waals surface area (Å²) in [5.41, 5.74) is 0. The summed E-state index contributed by atoms with van der Waals surface area (Å²) in [6, 6.07) is -0.0319. The van der Waals surface area contributed by atoms with Gasteiger partial charge in [0, 0.05) is 12.0 Å². The number of amides is 1. The predicted octanol–water partition coefficient (Wildman–Crippen LogP) is 1.41. The minimum absolute atomic E-state index is 0.0319. The van der Waals surface area contributed by atoms with E-state index in [-0.39, 0.29) is 23.8 Å². The Bertz CT molecular complexity index is 326. The van der Waals surface area contributed by atoms with Crippen molar-refractivity contribution in [1.29, 1.82) is 0 Å². The summed E-state index contributed by atoms with van der Waals surface area (Å²) in [4.78, 5) is 23.2. The topological polar surface area (TPSA) is 55.4 Å². The molecule has 2 aliphatic rings. The van der Waals surface area contributed by atoms with Gasteiger partial charge in [-0.2, -0.15) is 0 Å². The Balaban J connectivity index is 1.84. The van der Waals surface area contributed by atoms with Gasteiger partial charge in [-0.1, -0.05) is 12.2 Å². The van der Waals surface area contributed by atoms with Crippen molar-refractivity contribution in [3.05, 3.63) is 12.2 Å². The Labute approximate surface area is 101 Å². The Kier molecular flexibility index (Phi) is 3.82. The number of ether oxygens (including phenoxy) is 1. The molecule has 1 unspecified atom stereocenters. The number of hydrogen-bond acceptors (Lipinski definition) is 3. The summed E-state index contributed by atoms with van der Waals surface area (Å²) in [5.74, 6) is 0.365. The summed E-state index contributed by atoms with van der Waals surface area (Å²) in [6.07, 6.45) is 8.22. The number of rotatable bonds is 5. The van der Waals surface area contributed by atoms with Crippen LogP contribution in [0.5, 0.6) is 0 Å². The van der Waals surface area contributed by atoms with E-state index in [4.69, 9.17) is 0 Å². The van der Waals surface area contributed by atoms with E-state index in [2.05, 4.69) is 10.1 Å². The average Bonchev–Trinajstić information content (AvgIpc) is 3.02. The van der Waals surface area contributed by atoms with Gasteiger partial charge in [0.2, 0.25) is 5.91 Å². The molecular weight excluding hydrogens is 218 g/mol. The van der Waals surface area contributed by atoms with Crippen LogP contribution in [0, 0.1) is 11.8 Å². The predicted molar refractivity (Wildman–Crippen MR) is 63.2 cm³/mol. The van der Waals surface area contributed by atoms with E-state index in [1.54, 1.807) is 0 Å². The van der Waals surface area contributed by atoms with Gasteiger partial charge in [0.05, 0.1) is 13.5 Å². The van der Waals surface area contributed by atoms with Gasteiger partial charge in [0.15, 0.2) is 0 Å². The Hall–Kier alpha value is -1.32. The maximum Gasteiger partial charge on any atom is 0.307 e. The monoisotopic (exact) mass is 237 g/mol. The van der Waals surface area contributed by atoms with E-state index in [9.17, 15) is 9.59 Å². The van der Waals surface area contributed by atoms with Gasteiger partial charge >= 0.3 is 5.97 Å². The molecule has 0 aromatic carbocycles. The molecule has 4 nitrogen and oxygen atoms in total. The zero-order chi connectivity index (χ0) is 12.3. The van der Waals surface area contributed by atoms with Crippen molar-refractivity contribution >= 4 is 11.9 Å². The van der Waals surface area contributed by atoms with Crippen LogP contribution in [0.1, 0.15) is 32.1 Å². The van der Waals surface area contributed by atoms with E-state index >= 15 is 0 Å². The molecule has 1 saturated carbocycles. The lowest BCUT2D eigenvalue weighted by Gasteiger charge is -2.19. The van der Waals surface area contributed by atoms with Crippen LogP contribution < -0.4 is 5.32 Å². The number of nitrogens with one attached hydrogen (secondary N) is 1. The number of esters is 1. The van der Waals surface area contributed by atoms with Crippen LogP contribution in [0.2, 0.25) is 0 Å². The molecule has 0 aliphatic heterocycles. The molecule has 0 saturated heterocycles. The molecular formula is C13H19NO3. The van der Waals surface area contributed by atoms with E-state index in [0.717, 1.165) is 25.7 Å². The standard InChI is InChI=1S/C13H19NO3/c1-17-12(15)8-11(9-6-7-9)14-13(16)10-4-2-3-5-10/h2-3,9-11H,4-8H2,1H3,(H,14,16). The molecule has 0 heterocycles. The van der Waals surface area contributed by atoms with E-state index in [1.165, 1.54) is 7.11 Å². The first kappa shape index (κ1) is 12.1. The molecule has 0 spiro atoms. The third-order valence-electron chi connectivity index (χ3n) is 3.51. The smallest absolute Gasteiger partial charge is 0.307 e. The minimum atomic E-state index is -0.244. The molecule has 17 heavy (non-hydrogen) atoms. The van der Waals surface area contributed by atoms with Crippen LogP contribution in [0.25, 0.3) is 0 Å². The summed E-state index contributed by atoms with van der Waals surface area (Å²) >= 11 is 0. The second-order valence-corrected chi connectivity index (χ2v) is 4.87. The van der Waals surface area contributed by atoms with Crippen molar-refractivity contribution in [2.75, 3.05) is 7.11 Å². The highest BCUT2D eigenvalue weighted by molar-refractivity contribution is 5.80. The summed E-state index contributed by atoms with van der Waals surface area (Å²) < 4.78 is 4.66. The van der Waals surface area contributed by atoms with Gasteiger partial charge in [-0.3, -0.25) is 9.59 Å². The zero-order valence-electron chi connectivity index (χ0n) is 10.1. The molecule has 1 amide bonds. The largest absolute Gasteiger partial charge is 0.469 e. The second kappa shape index (κ2) is 5.34.